The van der Waals surface area contributed by atoms with E-state index in [0.717, 1.165) is 17.9 Å². The van der Waals surface area contributed by atoms with Crippen molar-refractivity contribution >= 4 is 35.1 Å². The summed E-state index contributed by atoms with van der Waals surface area (Å²) in [6, 6.07) is 11.8. The summed E-state index contributed by atoms with van der Waals surface area (Å²) in [4.78, 5) is 18.5. The molecule has 28 heavy (non-hydrogen) atoms. The number of fused-ring (bicyclic) bond motifs is 1. The fraction of sp³-hybridized carbons (Fsp3) is 0.200. The third-order valence-corrected chi connectivity index (χ3v) is 6.83. The van der Waals surface area contributed by atoms with Crippen LogP contribution in [-0.4, -0.2) is 22.4 Å². The van der Waals surface area contributed by atoms with Crippen molar-refractivity contribution in [2.75, 3.05) is 12.9 Å². The summed E-state index contributed by atoms with van der Waals surface area (Å²) >= 11 is 8.98. The molecular formula is C20H16ClFN2O2S2. The van der Waals surface area contributed by atoms with Crippen molar-refractivity contribution in [2.24, 2.45) is 0 Å². The minimum atomic E-state index is -0.366. The van der Waals surface area contributed by atoms with Gasteiger partial charge in [-0.05, 0) is 36.4 Å². The number of hydrogen-bond acceptors (Lipinski definition) is 5. The summed E-state index contributed by atoms with van der Waals surface area (Å²) in [7, 11) is 1.59. The minimum absolute atomic E-state index is 0.0974. The lowest BCUT2D eigenvalue weighted by Crippen LogP contribution is -2.23. The van der Waals surface area contributed by atoms with Gasteiger partial charge in [0.15, 0.2) is 5.16 Å². The number of aryl methyl sites for hydroxylation is 1. The van der Waals surface area contributed by atoms with Crippen molar-refractivity contribution in [1.82, 2.24) is 9.55 Å². The number of benzene rings is 2. The van der Waals surface area contributed by atoms with E-state index in [9.17, 15) is 9.18 Å². The number of aromatic nitrogens is 2. The van der Waals surface area contributed by atoms with Gasteiger partial charge < -0.3 is 4.74 Å². The van der Waals surface area contributed by atoms with E-state index in [2.05, 4.69) is 0 Å². The molecule has 0 radical (unpaired) electrons. The van der Waals surface area contributed by atoms with Gasteiger partial charge in [0.25, 0.3) is 5.56 Å². The zero-order valence-electron chi connectivity index (χ0n) is 14.9. The van der Waals surface area contributed by atoms with Gasteiger partial charge in [0.1, 0.15) is 11.6 Å². The Morgan fingerprint density at radius 1 is 1.29 bits per heavy atom. The number of methoxy groups -OCH3 is 1. The van der Waals surface area contributed by atoms with Crippen LogP contribution in [0.15, 0.2) is 57.3 Å². The zero-order valence-corrected chi connectivity index (χ0v) is 17.3. The Kier molecular flexibility index (Phi) is 5.66. The maximum Gasteiger partial charge on any atom is 0.272 e. The number of hydrogen-bond donors (Lipinski definition) is 0. The average molecular weight is 435 g/mol. The molecular weight excluding hydrogens is 419 g/mol. The molecule has 4 nitrogen and oxygen atoms in total. The fourth-order valence-electron chi connectivity index (χ4n) is 2.96. The van der Waals surface area contributed by atoms with Crippen LogP contribution in [0.3, 0.4) is 0 Å². The Balaban J connectivity index is 1.77. The summed E-state index contributed by atoms with van der Waals surface area (Å²) in [6.07, 6.45) is 0.757. The number of rotatable bonds is 5. The highest BCUT2D eigenvalue weighted by atomic mass is 35.5. The van der Waals surface area contributed by atoms with Crippen molar-refractivity contribution < 1.29 is 9.13 Å². The monoisotopic (exact) mass is 434 g/mol. The van der Waals surface area contributed by atoms with Gasteiger partial charge in [0.2, 0.25) is 0 Å². The number of thioether (sulfide) groups is 2. The molecule has 2 aromatic carbocycles. The molecule has 0 amide bonds. The number of nitrogens with zero attached hydrogens (tertiary/aromatic N) is 2. The van der Waals surface area contributed by atoms with Crippen molar-refractivity contribution in [1.29, 1.82) is 0 Å². The summed E-state index contributed by atoms with van der Waals surface area (Å²) in [5.74, 6) is 1.45. The predicted octanol–water partition coefficient (Wildman–Crippen LogP) is 4.97. The van der Waals surface area contributed by atoms with Crippen molar-refractivity contribution in [3.63, 3.8) is 0 Å². The van der Waals surface area contributed by atoms with Gasteiger partial charge in [0.05, 0.1) is 23.4 Å². The first-order chi connectivity index (χ1) is 13.6. The van der Waals surface area contributed by atoms with E-state index in [1.165, 1.54) is 29.6 Å². The van der Waals surface area contributed by atoms with Crippen molar-refractivity contribution in [3.8, 4) is 11.4 Å². The molecule has 8 heteroatoms. The average Bonchev–Trinajstić information content (AvgIpc) is 3.17. The second-order valence-electron chi connectivity index (χ2n) is 6.10. The summed E-state index contributed by atoms with van der Waals surface area (Å²) in [5, 5.41) is 0.887. The summed E-state index contributed by atoms with van der Waals surface area (Å²) in [5.41, 5.74) is 1.80. The summed E-state index contributed by atoms with van der Waals surface area (Å²) < 4.78 is 20.9. The van der Waals surface area contributed by atoms with E-state index in [1.54, 1.807) is 35.9 Å². The highest BCUT2D eigenvalue weighted by Gasteiger charge is 2.23. The van der Waals surface area contributed by atoms with Crippen molar-refractivity contribution in [3.05, 3.63) is 74.9 Å². The van der Waals surface area contributed by atoms with E-state index in [0.29, 0.717) is 32.1 Å². The van der Waals surface area contributed by atoms with Crippen LogP contribution in [0.25, 0.3) is 5.69 Å². The normalized spacial score (nSPS) is 12.8. The molecule has 0 bridgehead atoms. The molecule has 0 atom stereocenters. The maximum absolute atomic E-state index is 14.2. The quantitative estimate of drug-likeness (QED) is 0.419. The predicted molar refractivity (Wildman–Crippen MR) is 112 cm³/mol. The van der Waals surface area contributed by atoms with E-state index < -0.39 is 0 Å². The largest absolute Gasteiger partial charge is 0.497 e. The molecule has 0 spiro atoms. The molecule has 2 heterocycles. The molecule has 4 rings (SSSR count). The lowest BCUT2D eigenvalue weighted by Gasteiger charge is -2.14. The Labute approximate surface area is 175 Å². The van der Waals surface area contributed by atoms with Gasteiger partial charge >= 0.3 is 0 Å². The van der Waals surface area contributed by atoms with Crippen LogP contribution >= 0.6 is 35.1 Å². The topological polar surface area (TPSA) is 44.1 Å². The molecule has 144 valence electrons. The smallest absolute Gasteiger partial charge is 0.272 e. The standard InChI is InChI=1S/C20H16ClFN2O2S2/c1-26-13-7-5-12(6-8-13)24-19(25)18-17(9-10-27-18)23-20(24)28-11-14-15(21)3-2-4-16(14)22/h2-8H,9-11H2,1H3. The molecule has 1 aliphatic heterocycles. The molecule has 3 aromatic rings. The van der Waals surface area contributed by atoms with Gasteiger partial charge in [-0.25, -0.2) is 9.37 Å². The van der Waals surface area contributed by atoms with E-state index in [-0.39, 0.29) is 17.1 Å². The molecule has 0 unspecified atom stereocenters. The molecule has 0 aliphatic carbocycles. The second-order valence-corrected chi connectivity index (χ2v) is 8.55. The van der Waals surface area contributed by atoms with Crippen LogP contribution in [0.1, 0.15) is 11.3 Å². The van der Waals surface area contributed by atoms with E-state index >= 15 is 0 Å². The molecule has 0 saturated carbocycles. The third kappa shape index (κ3) is 3.66. The van der Waals surface area contributed by atoms with Crippen LogP contribution in [0.4, 0.5) is 4.39 Å². The first-order valence-corrected chi connectivity index (χ1v) is 10.9. The number of ether oxygens (including phenoxy) is 1. The molecule has 0 saturated heterocycles. The Hall–Kier alpha value is -1.96. The minimum Gasteiger partial charge on any atom is -0.497 e. The maximum atomic E-state index is 14.2. The van der Waals surface area contributed by atoms with Gasteiger partial charge in [-0.3, -0.25) is 9.36 Å². The third-order valence-electron chi connectivity index (χ3n) is 4.40. The Bertz CT molecular complexity index is 1070. The lowest BCUT2D eigenvalue weighted by molar-refractivity contribution is 0.414. The molecule has 1 aromatic heterocycles. The highest BCUT2D eigenvalue weighted by molar-refractivity contribution is 7.99. The second kappa shape index (κ2) is 8.19. The van der Waals surface area contributed by atoms with Crippen LogP contribution in [0.2, 0.25) is 5.02 Å². The van der Waals surface area contributed by atoms with E-state index in [1.807, 2.05) is 12.1 Å². The molecule has 1 aliphatic rings. The van der Waals surface area contributed by atoms with Gasteiger partial charge in [0, 0.05) is 28.5 Å². The fourth-order valence-corrected chi connectivity index (χ4v) is 5.35. The first-order valence-electron chi connectivity index (χ1n) is 8.57. The van der Waals surface area contributed by atoms with Crippen LogP contribution < -0.4 is 10.3 Å². The zero-order chi connectivity index (χ0) is 19.7. The SMILES string of the molecule is COc1ccc(-n2c(SCc3c(F)cccc3Cl)nc3c(c2=O)SCC3)cc1. The van der Waals surface area contributed by atoms with Crippen molar-refractivity contribution in [2.45, 2.75) is 22.2 Å². The van der Waals surface area contributed by atoms with Crippen LogP contribution in [0, 0.1) is 5.82 Å². The van der Waals surface area contributed by atoms with Gasteiger partial charge in [-0.15, -0.1) is 11.8 Å². The van der Waals surface area contributed by atoms with Crippen LogP contribution in [0.5, 0.6) is 5.75 Å². The first kappa shape index (κ1) is 19.4. The molecule has 0 fully saturated rings. The highest BCUT2D eigenvalue weighted by Crippen LogP contribution is 2.32. The molecule has 0 N–H and O–H groups in total. The van der Waals surface area contributed by atoms with Crippen LogP contribution in [-0.2, 0) is 12.2 Å². The number of halogens is 2. The Morgan fingerprint density at radius 3 is 2.79 bits per heavy atom. The van der Waals surface area contributed by atoms with Gasteiger partial charge in [-0.2, -0.15) is 0 Å². The Morgan fingerprint density at radius 2 is 2.07 bits per heavy atom. The van der Waals surface area contributed by atoms with E-state index in [4.69, 9.17) is 21.3 Å². The lowest BCUT2D eigenvalue weighted by atomic mass is 10.2. The summed E-state index contributed by atoms with van der Waals surface area (Å²) in [6.45, 7) is 0. The van der Waals surface area contributed by atoms with Gasteiger partial charge in [-0.1, -0.05) is 29.4 Å².